The highest BCUT2D eigenvalue weighted by molar-refractivity contribution is 9.10. The number of nitrogens with one attached hydrogen (secondary N) is 2. The van der Waals surface area contributed by atoms with Gasteiger partial charge in [0.1, 0.15) is 0 Å². The average molecular weight is 475 g/mol. The Morgan fingerprint density at radius 2 is 1.79 bits per heavy atom. The zero-order valence-electron chi connectivity index (χ0n) is 15.8. The second kappa shape index (κ2) is 9.23. The van der Waals surface area contributed by atoms with Crippen molar-refractivity contribution in [1.82, 2.24) is 20.4 Å². The lowest BCUT2D eigenvalue weighted by atomic mass is 10.2. The highest BCUT2D eigenvalue weighted by Crippen LogP contribution is 2.20. The molecule has 7 nitrogen and oxygen atoms in total. The van der Waals surface area contributed by atoms with Crippen LogP contribution in [0.2, 0.25) is 0 Å². The number of hydrazine groups is 1. The fourth-order valence-electron chi connectivity index (χ4n) is 2.65. The minimum atomic E-state index is -0.418. The van der Waals surface area contributed by atoms with Crippen LogP contribution in [0.25, 0.3) is 10.9 Å². The molecule has 0 aliphatic carbocycles. The number of para-hydroxylation sites is 1. The number of rotatable bonds is 5. The third-order valence-electron chi connectivity index (χ3n) is 4.05. The normalized spacial score (nSPS) is 10.9. The van der Waals surface area contributed by atoms with E-state index in [9.17, 15) is 14.4 Å². The molecule has 0 bridgehead atoms. The van der Waals surface area contributed by atoms with E-state index in [-0.39, 0.29) is 17.4 Å². The summed E-state index contributed by atoms with van der Waals surface area (Å²) in [6, 6.07) is 13.8. The van der Waals surface area contributed by atoms with Crippen LogP contribution < -0.4 is 16.4 Å². The lowest BCUT2D eigenvalue weighted by molar-refractivity contribution is -0.119. The van der Waals surface area contributed by atoms with Crippen molar-refractivity contribution >= 4 is 50.4 Å². The maximum absolute atomic E-state index is 12.8. The van der Waals surface area contributed by atoms with Crippen molar-refractivity contribution in [3.05, 3.63) is 68.9 Å². The summed E-state index contributed by atoms with van der Waals surface area (Å²) in [5.41, 5.74) is 5.62. The van der Waals surface area contributed by atoms with Gasteiger partial charge in [-0.3, -0.25) is 29.8 Å². The fraction of sp³-hybridized carbons (Fsp3) is 0.200. The Morgan fingerprint density at radius 1 is 1.10 bits per heavy atom. The van der Waals surface area contributed by atoms with Gasteiger partial charge in [0.25, 0.3) is 11.5 Å². The van der Waals surface area contributed by atoms with E-state index in [2.05, 4.69) is 31.8 Å². The van der Waals surface area contributed by atoms with E-state index in [0.717, 1.165) is 16.2 Å². The van der Waals surface area contributed by atoms with Gasteiger partial charge >= 0.3 is 0 Å². The van der Waals surface area contributed by atoms with Crippen molar-refractivity contribution < 1.29 is 9.59 Å². The zero-order valence-corrected chi connectivity index (χ0v) is 18.2. The maximum Gasteiger partial charge on any atom is 0.269 e. The number of halogens is 1. The Balaban J connectivity index is 1.67. The van der Waals surface area contributed by atoms with Gasteiger partial charge in [-0.15, -0.1) is 0 Å². The van der Waals surface area contributed by atoms with E-state index >= 15 is 0 Å². The summed E-state index contributed by atoms with van der Waals surface area (Å²) >= 11 is 4.45. The third-order valence-corrected chi connectivity index (χ3v) is 5.53. The number of benzene rings is 2. The van der Waals surface area contributed by atoms with E-state index < -0.39 is 11.8 Å². The summed E-state index contributed by atoms with van der Waals surface area (Å²) in [5, 5.41) is 0.995. The second-order valence-corrected chi connectivity index (χ2v) is 8.34. The molecule has 0 aliphatic heterocycles. The van der Waals surface area contributed by atoms with Crippen LogP contribution in [0, 0.1) is 0 Å². The van der Waals surface area contributed by atoms with Crippen LogP contribution in [0.15, 0.2) is 63.0 Å². The van der Waals surface area contributed by atoms with Crippen molar-refractivity contribution in [2.24, 2.45) is 0 Å². The van der Waals surface area contributed by atoms with Crippen LogP contribution in [-0.4, -0.2) is 27.1 Å². The van der Waals surface area contributed by atoms with Gasteiger partial charge in [-0.2, -0.15) is 0 Å². The first kappa shape index (κ1) is 21.1. The minimum Gasteiger partial charge on any atom is -0.285 e. The largest absolute Gasteiger partial charge is 0.285 e. The van der Waals surface area contributed by atoms with Crippen LogP contribution in [0.5, 0.6) is 0 Å². The Bertz CT molecular complexity index is 1110. The Morgan fingerprint density at radius 3 is 2.48 bits per heavy atom. The van der Waals surface area contributed by atoms with Crippen LogP contribution in [0.3, 0.4) is 0 Å². The van der Waals surface area contributed by atoms with E-state index in [1.807, 2.05) is 19.9 Å². The molecule has 150 valence electrons. The van der Waals surface area contributed by atoms with Gasteiger partial charge < -0.3 is 0 Å². The maximum atomic E-state index is 12.8. The van der Waals surface area contributed by atoms with Gasteiger partial charge in [0.05, 0.1) is 16.7 Å². The molecule has 0 spiro atoms. The summed E-state index contributed by atoms with van der Waals surface area (Å²) in [5.74, 6) is -0.824. The number of aromatic nitrogens is 2. The highest BCUT2D eigenvalue weighted by Gasteiger charge is 2.15. The van der Waals surface area contributed by atoms with E-state index in [1.165, 1.54) is 0 Å². The number of thioether (sulfide) groups is 1. The van der Waals surface area contributed by atoms with Gasteiger partial charge in [0.15, 0.2) is 5.16 Å². The molecule has 2 aromatic carbocycles. The van der Waals surface area contributed by atoms with Crippen LogP contribution >= 0.6 is 27.7 Å². The van der Waals surface area contributed by atoms with E-state index in [4.69, 9.17) is 0 Å². The monoisotopic (exact) mass is 474 g/mol. The van der Waals surface area contributed by atoms with Crippen molar-refractivity contribution in [3.8, 4) is 0 Å². The summed E-state index contributed by atoms with van der Waals surface area (Å²) in [6.45, 7) is 3.78. The lowest BCUT2D eigenvalue weighted by Gasteiger charge is -2.16. The number of hydrogen-bond acceptors (Lipinski definition) is 5. The number of carbonyl (C=O) groups excluding carboxylic acids is 2. The SMILES string of the molecule is CC(C)n1c(SCC(=O)NNC(=O)c2ccc(Br)cc2)nc2ccccc2c1=O. The molecule has 0 unspecified atom stereocenters. The number of carbonyl (C=O) groups is 2. The second-order valence-electron chi connectivity index (χ2n) is 6.48. The molecule has 0 atom stereocenters. The molecule has 0 saturated heterocycles. The highest BCUT2D eigenvalue weighted by atomic mass is 79.9. The van der Waals surface area contributed by atoms with Gasteiger partial charge in [-0.25, -0.2) is 4.98 Å². The Kier molecular flexibility index (Phi) is 6.71. The van der Waals surface area contributed by atoms with Gasteiger partial charge in [0.2, 0.25) is 5.91 Å². The fourth-order valence-corrected chi connectivity index (χ4v) is 3.84. The molecule has 0 radical (unpaired) electrons. The first-order chi connectivity index (χ1) is 13.9. The summed E-state index contributed by atoms with van der Waals surface area (Å²) < 4.78 is 2.43. The number of amides is 2. The first-order valence-electron chi connectivity index (χ1n) is 8.85. The predicted molar refractivity (Wildman–Crippen MR) is 117 cm³/mol. The smallest absolute Gasteiger partial charge is 0.269 e. The van der Waals surface area contributed by atoms with Gasteiger partial charge in [-0.1, -0.05) is 39.8 Å². The van der Waals surface area contributed by atoms with E-state index in [0.29, 0.717) is 21.6 Å². The quantitative estimate of drug-likeness (QED) is 0.336. The first-order valence-corrected chi connectivity index (χ1v) is 10.6. The van der Waals surface area contributed by atoms with Gasteiger partial charge in [-0.05, 0) is 50.2 Å². The van der Waals surface area contributed by atoms with Crippen molar-refractivity contribution in [2.45, 2.75) is 25.0 Å². The summed E-state index contributed by atoms with van der Waals surface area (Å²) in [6.07, 6.45) is 0. The zero-order chi connectivity index (χ0) is 21.0. The Labute approximate surface area is 180 Å². The summed E-state index contributed by atoms with van der Waals surface area (Å²) in [7, 11) is 0. The molecule has 3 rings (SSSR count). The molecule has 1 aromatic heterocycles. The van der Waals surface area contributed by atoms with Crippen LogP contribution in [0.1, 0.15) is 30.2 Å². The molecule has 1 heterocycles. The van der Waals surface area contributed by atoms with Crippen molar-refractivity contribution in [2.75, 3.05) is 5.75 Å². The van der Waals surface area contributed by atoms with E-state index in [1.54, 1.807) is 47.0 Å². The topological polar surface area (TPSA) is 93.1 Å². The summed E-state index contributed by atoms with van der Waals surface area (Å²) in [4.78, 5) is 41.5. The molecule has 3 aromatic rings. The number of nitrogens with zero attached hydrogens (tertiary/aromatic N) is 2. The van der Waals surface area contributed by atoms with Gasteiger partial charge in [0, 0.05) is 16.1 Å². The molecule has 9 heteroatoms. The molecule has 0 aliphatic rings. The number of hydrogen-bond donors (Lipinski definition) is 2. The molecule has 0 saturated carbocycles. The third kappa shape index (κ3) is 5.04. The van der Waals surface area contributed by atoms with Crippen molar-refractivity contribution in [3.63, 3.8) is 0 Å². The number of fused-ring (bicyclic) bond motifs is 1. The molecule has 29 heavy (non-hydrogen) atoms. The minimum absolute atomic E-state index is 0.00187. The molecule has 2 amide bonds. The molecule has 2 N–H and O–H groups in total. The molecular formula is C20H19BrN4O3S. The van der Waals surface area contributed by atoms with Crippen molar-refractivity contribution in [1.29, 1.82) is 0 Å². The molecule has 0 fully saturated rings. The lowest BCUT2D eigenvalue weighted by Crippen LogP contribution is -2.42. The average Bonchev–Trinajstić information content (AvgIpc) is 2.70. The molecular weight excluding hydrogens is 456 g/mol. The standard InChI is InChI=1S/C20H19BrN4O3S/c1-12(2)25-19(28)15-5-3-4-6-16(15)22-20(25)29-11-17(26)23-24-18(27)13-7-9-14(21)10-8-13/h3-10,12H,11H2,1-2H3,(H,23,26)(H,24,27). The predicted octanol–water partition coefficient (Wildman–Crippen LogP) is 3.29. The van der Waals surface area contributed by atoms with Crippen LogP contribution in [-0.2, 0) is 4.79 Å². The van der Waals surface area contributed by atoms with Crippen LogP contribution in [0.4, 0.5) is 0 Å². The Hall–Kier alpha value is -2.65.